The molecule has 2 aliphatic rings. The Morgan fingerprint density at radius 1 is 1.06 bits per heavy atom. The zero-order valence-corrected chi connectivity index (χ0v) is 11.2. The lowest BCUT2D eigenvalue weighted by Crippen LogP contribution is -2.36. The van der Waals surface area contributed by atoms with Gasteiger partial charge in [0, 0.05) is 17.9 Å². The Labute approximate surface area is 105 Å². The van der Waals surface area contributed by atoms with Gasteiger partial charge in [-0.25, -0.2) is 0 Å². The molecule has 0 spiro atoms. The van der Waals surface area contributed by atoms with Crippen LogP contribution in [0.15, 0.2) is 0 Å². The van der Waals surface area contributed by atoms with Crippen molar-refractivity contribution in [3.8, 4) is 0 Å². The van der Waals surface area contributed by atoms with Crippen molar-refractivity contribution in [1.82, 2.24) is 0 Å². The highest BCUT2D eigenvalue weighted by atomic mass is 16.1. The van der Waals surface area contributed by atoms with Crippen molar-refractivity contribution in [2.45, 2.75) is 70.8 Å². The predicted molar refractivity (Wildman–Crippen MR) is 70.7 cm³/mol. The van der Waals surface area contributed by atoms with Crippen LogP contribution in [0.3, 0.4) is 0 Å². The first-order chi connectivity index (χ1) is 8.22. The first kappa shape index (κ1) is 13.1. The van der Waals surface area contributed by atoms with Gasteiger partial charge in [0.2, 0.25) is 0 Å². The first-order valence-electron chi connectivity index (χ1n) is 7.51. The second-order valence-electron chi connectivity index (χ2n) is 6.07. The van der Waals surface area contributed by atoms with Crippen LogP contribution in [0.5, 0.6) is 0 Å². The second kappa shape index (κ2) is 5.99. The Hall–Kier alpha value is -0.370. The van der Waals surface area contributed by atoms with Crippen LogP contribution < -0.4 is 5.73 Å². The summed E-state index contributed by atoms with van der Waals surface area (Å²) in [5.74, 6) is 1.98. The van der Waals surface area contributed by atoms with Gasteiger partial charge < -0.3 is 5.73 Å². The molecule has 0 bridgehead atoms. The fourth-order valence-corrected chi connectivity index (χ4v) is 3.78. The van der Waals surface area contributed by atoms with Gasteiger partial charge in [-0.3, -0.25) is 4.79 Å². The highest BCUT2D eigenvalue weighted by molar-refractivity contribution is 5.83. The fraction of sp³-hybridized carbons (Fsp3) is 0.933. The third kappa shape index (κ3) is 3.09. The van der Waals surface area contributed by atoms with Gasteiger partial charge in [0.15, 0.2) is 0 Å². The van der Waals surface area contributed by atoms with Crippen molar-refractivity contribution in [2.24, 2.45) is 23.5 Å². The Morgan fingerprint density at radius 2 is 1.71 bits per heavy atom. The molecule has 2 nitrogen and oxygen atoms in total. The maximum Gasteiger partial charge on any atom is 0.139 e. The summed E-state index contributed by atoms with van der Waals surface area (Å²) in [6.07, 6.45) is 10.4. The average Bonchev–Trinajstić information content (AvgIpc) is 2.39. The van der Waals surface area contributed by atoms with Crippen molar-refractivity contribution in [3.05, 3.63) is 0 Å². The Morgan fingerprint density at radius 3 is 2.35 bits per heavy atom. The molecule has 98 valence electrons. The molecular formula is C15H27NO. The molecule has 0 aromatic heterocycles. The lowest BCUT2D eigenvalue weighted by Gasteiger charge is -2.34. The van der Waals surface area contributed by atoms with E-state index in [1.54, 1.807) is 0 Å². The van der Waals surface area contributed by atoms with E-state index in [4.69, 9.17) is 5.73 Å². The number of carbonyl (C=O) groups is 1. The largest absolute Gasteiger partial charge is 0.328 e. The van der Waals surface area contributed by atoms with Crippen LogP contribution in [0.2, 0.25) is 0 Å². The lowest BCUT2D eigenvalue weighted by atomic mass is 9.70. The number of rotatable bonds is 3. The predicted octanol–water partition coefficient (Wildman–Crippen LogP) is 3.29. The molecule has 2 fully saturated rings. The zero-order valence-electron chi connectivity index (χ0n) is 11.2. The molecule has 0 aliphatic heterocycles. The molecule has 2 heteroatoms. The van der Waals surface area contributed by atoms with Gasteiger partial charge in [-0.05, 0) is 44.4 Å². The molecule has 0 aromatic carbocycles. The number of Topliss-reactive ketones (excluding diaryl/α,β-unsaturated/α-hetero) is 1. The van der Waals surface area contributed by atoms with Crippen molar-refractivity contribution >= 4 is 5.78 Å². The van der Waals surface area contributed by atoms with E-state index in [9.17, 15) is 4.79 Å². The SMILES string of the molecule is CCC1CCCCC1C(=O)C1CCC(N)CC1. The summed E-state index contributed by atoms with van der Waals surface area (Å²) < 4.78 is 0. The van der Waals surface area contributed by atoms with E-state index in [-0.39, 0.29) is 0 Å². The quantitative estimate of drug-likeness (QED) is 0.818. The van der Waals surface area contributed by atoms with E-state index in [0.29, 0.717) is 29.6 Å². The van der Waals surface area contributed by atoms with Crippen molar-refractivity contribution in [3.63, 3.8) is 0 Å². The molecule has 17 heavy (non-hydrogen) atoms. The summed E-state index contributed by atoms with van der Waals surface area (Å²) in [6.45, 7) is 2.24. The molecule has 0 saturated heterocycles. The normalized spacial score (nSPS) is 38.9. The van der Waals surface area contributed by atoms with E-state index >= 15 is 0 Å². The zero-order chi connectivity index (χ0) is 12.3. The second-order valence-corrected chi connectivity index (χ2v) is 6.07. The topological polar surface area (TPSA) is 43.1 Å². The number of hydrogen-bond donors (Lipinski definition) is 1. The maximum atomic E-state index is 12.6. The van der Waals surface area contributed by atoms with Gasteiger partial charge in [-0.2, -0.15) is 0 Å². The minimum Gasteiger partial charge on any atom is -0.328 e. The number of nitrogens with two attached hydrogens (primary N) is 1. The Bertz CT molecular complexity index is 256. The van der Waals surface area contributed by atoms with E-state index in [1.165, 1.54) is 25.7 Å². The molecule has 2 unspecified atom stereocenters. The molecule has 2 atom stereocenters. The van der Waals surface area contributed by atoms with Crippen molar-refractivity contribution in [2.75, 3.05) is 0 Å². The van der Waals surface area contributed by atoms with Gasteiger partial charge >= 0.3 is 0 Å². The van der Waals surface area contributed by atoms with Gasteiger partial charge in [-0.1, -0.05) is 26.2 Å². The summed E-state index contributed by atoms with van der Waals surface area (Å²) in [5, 5.41) is 0. The molecule has 0 radical (unpaired) electrons. The molecule has 0 aromatic rings. The molecule has 0 heterocycles. The highest BCUT2D eigenvalue weighted by Crippen LogP contribution is 2.37. The number of hydrogen-bond acceptors (Lipinski definition) is 2. The van der Waals surface area contributed by atoms with Crippen LogP contribution in [0.25, 0.3) is 0 Å². The molecule has 2 aliphatic carbocycles. The Balaban J connectivity index is 1.93. The minimum atomic E-state index is 0.340. The molecule has 2 rings (SSSR count). The fourth-order valence-electron chi connectivity index (χ4n) is 3.78. The maximum absolute atomic E-state index is 12.6. The Kier molecular flexibility index (Phi) is 4.61. The lowest BCUT2D eigenvalue weighted by molar-refractivity contribution is -0.130. The molecule has 2 N–H and O–H groups in total. The van der Waals surface area contributed by atoms with Crippen LogP contribution in [0.1, 0.15) is 64.7 Å². The minimum absolute atomic E-state index is 0.340. The molecular weight excluding hydrogens is 210 g/mol. The van der Waals surface area contributed by atoms with Gasteiger partial charge in [0.1, 0.15) is 5.78 Å². The smallest absolute Gasteiger partial charge is 0.139 e. The number of carbonyl (C=O) groups excluding carboxylic acids is 1. The molecule has 0 amide bonds. The van der Waals surface area contributed by atoms with E-state index in [1.807, 2.05) is 0 Å². The van der Waals surface area contributed by atoms with Crippen LogP contribution in [-0.2, 0) is 4.79 Å². The van der Waals surface area contributed by atoms with Crippen LogP contribution in [0.4, 0.5) is 0 Å². The summed E-state index contributed by atoms with van der Waals surface area (Å²) in [7, 11) is 0. The van der Waals surface area contributed by atoms with E-state index in [2.05, 4.69) is 6.92 Å². The van der Waals surface area contributed by atoms with Gasteiger partial charge in [0.05, 0.1) is 0 Å². The average molecular weight is 237 g/mol. The third-order valence-electron chi connectivity index (χ3n) is 4.97. The van der Waals surface area contributed by atoms with Crippen molar-refractivity contribution < 1.29 is 4.79 Å². The van der Waals surface area contributed by atoms with Gasteiger partial charge in [0.25, 0.3) is 0 Å². The third-order valence-corrected chi connectivity index (χ3v) is 4.97. The van der Waals surface area contributed by atoms with Crippen LogP contribution >= 0.6 is 0 Å². The summed E-state index contributed by atoms with van der Waals surface area (Å²) in [4.78, 5) is 12.6. The molecule has 2 saturated carbocycles. The summed E-state index contributed by atoms with van der Waals surface area (Å²) >= 11 is 0. The highest BCUT2D eigenvalue weighted by Gasteiger charge is 2.34. The van der Waals surface area contributed by atoms with E-state index < -0.39 is 0 Å². The van der Waals surface area contributed by atoms with E-state index in [0.717, 1.165) is 32.1 Å². The monoisotopic (exact) mass is 237 g/mol. The van der Waals surface area contributed by atoms with Gasteiger partial charge in [-0.15, -0.1) is 0 Å². The number of ketones is 1. The summed E-state index contributed by atoms with van der Waals surface area (Å²) in [6, 6.07) is 0.354. The van der Waals surface area contributed by atoms with Crippen LogP contribution in [0, 0.1) is 17.8 Å². The summed E-state index contributed by atoms with van der Waals surface area (Å²) in [5.41, 5.74) is 5.92. The van der Waals surface area contributed by atoms with Crippen LogP contribution in [-0.4, -0.2) is 11.8 Å². The van der Waals surface area contributed by atoms with Crippen molar-refractivity contribution in [1.29, 1.82) is 0 Å². The first-order valence-corrected chi connectivity index (χ1v) is 7.51. The standard InChI is InChI=1S/C15H27NO/c1-2-11-5-3-4-6-14(11)15(17)12-7-9-13(16)10-8-12/h11-14H,2-10,16H2,1H3.